The minimum Gasteiger partial charge on any atom is -0.396 e. The minimum absolute atomic E-state index is 0.00705. The Bertz CT molecular complexity index is 2130. The van der Waals surface area contributed by atoms with Crippen molar-refractivity contribution < 1.29 is 53.1 Å². The van der Waals surface area contributed by atoms with Gasteiger partial charge in [-0.25, -0.2) is 19.1 Å². The van der Waals surface area contributed by atoms with E-state index in [0.717, 1.165) is 0 Å². The van der Waals surface area contributed by atoms with Gasteiger partial charge in [0.25, 0.3) is 0 Å². The van der Waals surface area contributed by atoms with Crippen LogP contribution in [-0.2, 0) is 18.0 Å². The Kier molecular flexibility index (Phi) is 9.43. The largest absolute Gasteiger partial charge is 0.481 e. The highest BCUT2D eigenvalue weighted by molar-refractivity contribution is 7.60. The average Bonchev–Trinajstić information content (AvgIpc) is 3.73. The van der Waals surface area contributed by atoms with Crippen molar-refractivity contribution >= 4 is 72.8 Å². The second kappa shape index (κ2) is 13.0. The number of rotatable bonds is 11. The Balaban J connectivity index is 1.31. The Morgan fingerprint density at radius 2 is 1.60 bits per heavy atom. The second-order valence-corrected chi connectivity index (χ2v) is 17.1. The molecule has 3 aliphatic carbocycles. The lowest BCUT2D eigenvalue weighted by Gasteiger charge is -2.47. The van der Waals surface area contributed by atoms with E-state index in [4.69, 9.17) is 43.2 Å². The van der Waals surface area contributed by atoms with Crippen LogP contribution in [0.5, 0.6) is 0 Å². The number of fused-ring (bicyclic) bond motifs is 3. The van der Waals surface area contributed by atoms with E-state index in [1.807, 2.05) is 13.8 Å². The molecule has 0 radical (unpaired) electrons. The van der Waals surface area contributed by atoms with Crippen molar-refractivity contribution in [3.8, 4) is 0 Å². The monoisotopic (exact) mass is 808 g/mol. The average molecular weight is 809 g/mol. The maximum Gasteiger partial charge on any atom is 0.481 e. The number of nitrogen functional groups attached to an aromatic ring is 1. The highest BCUT2D eigenvalue weighted by Gasteiger charge is 2.66. The van der Waals surface area contributed by atoms with Crippen LogP contribution in [0.1, 0.15) is 45.2 Å². The highest BCUT2D eigenvalue weighted by Crippen LogP contribution is 2.65. The number of imidazole rings is 2. The lowest BCUT2D eigenvalue weighted by Crippen LogP contribution is -2.49. The van der Waals surface area contributed by atoms with Gasteiger partial charge in [-0.15, -0.1) is 0 Å². The number of aliphatic hydroxyl groups excluding tert-OH is 4. The molecule has 21 nitrogen and oxygen atoms in total. The highest BCUT2D eigenvalue weighted by atomic mass is 35.5. The fourth-order valence-corrected chi connectivity index (χ4v) is 10.7. The van der Waals surface area contributed by atoms with Crippen LogP contribution in [0, 0.1) is 22.7 Å². The van der Waals surface area contributed by atoms with Crippen LogP contribution in [0.2, 0.25) is 10.6 Å². The predicted molar refractivity (Wildman–Crippen MR) is 182 cm³/mol. The summed E-state index contributed by atoms with van der Waals surface area (Å²) in [5, 5.41) is 47.5. The first kappa shape index (κ1) is 37.7. The van der Waals surface area contributed by atoms with Gasteiger partial charge in [0.1, 0.15) is 11.6 Å². The van der Waals surface area contributed by atoms with E-state index in [9.17, 15) is 34.4 Å². The molecule has 3 fully saturated rings. The van der Waals surface area contributed by atoms with Gasteiger partial charge in [0.15, 0.2) is 28.4 Å². The molecule has 0 aromatic carbocycles. The summed E-state index contributed by atoms with van der Waals surface area (Å²) in [5.41, 5.74) is 4.57. The number of halogens is 2. The standard InChI is InChI=1S/C27H36Cl2N10O11P2/c1-3-26(6-40)10(2)15(17(41)19(26)43)38-9-32-14-21(35-25(29)37-23(14)38)33-12-16(39-8-31-13-20(30)34-24(28)36-22(13)39)11-4-5-27(11,18(12)42)7-49-52(47,48)50-51(44,45)46/h8-12,15-19,40-43H,3-7H2,1-2H3,(H,47,48)(H2,30,34,36)(H,33,35,37)(H2,44,45,46)/t10-,11-,12+,15-,16-,17+,18+,19+,26+,27+/m1/s1. The lowest BCUT2D eigenvalue weighted by atomic mass is 9.60. The smallest absolute Gasteiger partial charge is 0.396 e. The van der Waals surface area contributed by atoms with E-state index in [-0.39, 0.29) is 57.6 Å². The molecule has 3 saturated carbocycles. The van der Waals surface area contributed by atoms with E-state index < -0.39 is 81.4 Å². The van der Waals surface area contributed by atoms with Crippen molar-refractivity contribution in [1.82, 2.24) is 39.0 Å². The molecule has 0 spiro atoms. The molecule has 10 N–H and O–H groups in total. The van der Waals surface area contributed by atoms with Crippen molar-refractivity contribution in [1.29, 1.82) is 0 Å². The fourth-order valence-electron chi connectivity index (χ4n) is 8.72. The third kappa shape index (κ3) is 5.82. The van der Waals surface area contributed by atoms with Crippen LogP contribution >= 0.6 is 38.8 Å². The first-order valence-electron chi connectivity index (χ1n) is 16.1. The zero-order chi connectivity index (χ0) is 37.7. The van der Waals surface area contributed by atoms with Gasteiger partial charge in [-0.1, -0.05) is 13.8 Å². The molecule has 25 heteroatoms. The number of hydrogen-bond acceptors (Lipinski definition) is 16. The van der Waals surface area contributed by atoms with E-state index in [1.165, 1.54) is 12.7 Å². The molecule has 1 unspecified atom stereocenters. The fraction of sp³-hybridized carbons (Fsp3) is 0.630. The molecule has 7 rings (SSSR count). The third-order valence-electron chi connectivity index (χ3n) is 11.5. The van der Waals surface area contributed by atoms with E-state index in [0.29, 0.717) is 12.8 Å². The summed E-state index contributed by atoms with van der Waals surface area (Å²) in [6.45, 7) is 2.60. The molecule has 0 aliphatic heterocycles. The molecule has 0 bridgehead atoms. The van der Waals surface area contributed by atoms with Gasteiger partial charge in [-0.05, 0) is 54.3 Å². The third-order valence-corrected chi connectivity index (χ3v) is 13.9. The van der Waals surface area contributed by atoms with E-state index in [1.54, 1.807) is 9.13 Å². The summed E-state index contributed by atoms with van der Waals surface area (Å²) in [4.78, 5) is 54.2. The van der Waals surface area contributed by atoms with Gasteiger partial charge in [0.05, 0.1) is 56.2 Å². The van der Waals surface area contributed by atoms with Crippen LogP contribution < -0.4 is 11.1 Å². The van der Waals surface area contributed by atoms with Gasteiger partial charge in [-0.3, -0.25) is 4.52 Å². The molecule has 284 valence electrons. The van der Waals surface area contributed by atoms with E-state index >= 15 is 0 Å². The van der Waals surface area contributed by atoms with E-state index in [2.05, 4.69) is 39.5 Å². The number of aromatic nitrogens is 8. The predicted octanol–water partition coefficient (Wildman–Crippen LogP) is 1.18. The van der Waals surface area contributed by atoms with Crippen LogP contribution in [-0.4, -0.2) is 112 Å². The van der Waals surface area contributed by atoms with Crippen molar-refractivity contribution in [2.75, 3.05) is 24.3 Å². The molecule has 11 atom stereocenters. The number of hydrogen-bond donors (Lipinski definition) is 9. The van der Waals surface area contributed by atoms with Crippen molar-refractivity contribution in [2.24, 2.45) is 22.7 Å². The summed E-state index contributed by atoms with van der Waals surface area (Å²) < 4.78 is 36.1. The summed E-state index contributed by atoms with van der Waals surface area (Å²) in [6, 6.07) is -2.57. The second-order valence-electron chi connectivity index (χ2n) is 13.6. The topological polar surface area (TPSA) is 319 Å². The summed E-state index contributed by atoms with van der Waals surface area (Å²) in [7, 11) is -10.7. The maximum atomic E-state index is 12.5. The van der Waals surface area contributed by atoms with Crippen molar-refractivity contribution in [2.45, 2.75) is 69.5 Å². The van der Waals surface area contributed by atoms with Crippen molar-refractivity contribution in [3.63, 3.8) is 0 Å². The number of nitrogens with two attached hydrogens (primary N) is 1. The number of phosphoric ester groups is 1. The summed E-state index contributed by atoms with van der Waals surface area (Å²) in [6.07, 6.45) is -0.0295. The summed E-state index contributed by atoms with van der Waals surface area (Å²) in [5.74, 6) is -0.935. The Hall–Kier alpha value is -2.62. The van der Waals surface area contributed by atoms with Gasteiger partial charge in [0.2, 0.25) is 10.6 Å². The first-order chi connectivity index (χ1) is 24.4. The molecular formula is C27H36Cl2N10O11P2. The number of phosphoric acid groups is 2. The number of aliphatic hydroxyl groups is 4. The zero-order valence-corrected chi connectivity index (χ0v) is 30.7. The molecule has 4 aromatic heterocycles. The van der Waals surface area contributed by atoms with Crippen LogP contribution in [0.3, 0.4) is 0 Å². The molecule has 52 heavy (non-hydrogen) atoms. The first-order valence-corrected chi connectivity index (χ1v) is 19.9. The zero-order valence-electron chi connectivity index (χ0n) is 27.4. The van der Waals surface area contributed by atoms with Gasteiger partial charge >= 0.3 is 15.6 Å². The SMILES string of the molecule is CC[C@]1(CO)[C@H](C)[C@@H](n2cnc3c(N[C@H]4[C@H](n5cnc6c(N)nc(Cl)nc65)[C@H]5CC[C@@]5(COP(=O)(O)OP(=O)(O)O)[C@H]4O)nc(Cl)nc32)[C@H](O)[C@@H]1O. The molecular weight excluding hydrogens is 773 g/mol. The Morgan fingerprint density at radius 3 is 2.17 bits per heavy atom. The van der Waals surface area contributed by atoms with Gasteiger partial charge in [-0.2, -0.15) is 24.2 Å². The molecule has 4 heterocycles. The van der Waals surface area contributed by atoms with Crippen LogP contribution in [0.15, 0.2) is 12.7 Å². The van der Waals surface area contributed by atoms with Crippen molar-refractivity contribution in [3.05, 3.63) is 23.2 Å². The molecule has 0 saturated heterocycles. The number of anilines is 2. The lowest BCUT2D eigenvalue weighted by molar-refractivity contribution is -0.0826. The maximum absolute atomic E-state index is 12.5. The Labute approximate surface area is 304 Å². The normalized spacial score (nSPS) is 34.4. The van der Waals surface area contributed by atoms with Gasteiger partial charge < -0.3 is 55.3 Å². The molecule has 0 amide bonds. The number of nitrogens with zero attached hydrogens (tertiary/aromatic N) is 8. The summed E-state index contributed by atoms with van der Waals surface area (Å²) >= 11 is 12.6. The van der Waals surface area contributed by atoms with Gasteiger partial charge in [0, 0.05) is 10.8 Å². The van der Waals surface area contributed by atoms with Crippen LogP contribution in [0.25, 0.3) is 22.3 Å². The van der Waals surface area contributed by atoms with Crippen LogP contribution in [0.4, 0.5) is 11.6 Å². The molecule has 3 aliphatic rings. The quantitative estimate of drug-likeness (QED) is 0.0758. The molecule has 4 aromatic rings. The number of nitrogens with one attached hydrogen (secondary N) is 1. The Morgan fingerprint density at radius 1 is 0.981 bits per heavy atom. The minimum atomic E-state index is -5.43.